The van der Waals surface area contributed by atoms with Gasteiger partial charge in [0, 0.05) is 22.7 Å². The molecule has 1 fully saturated rings. The first-order chi connectivity index (χ1) is 7.59. The van der Waals surface area contributed by atoms with E-state index in [1.54, 1.807) is 0 Å². The van der Waals surface area contributed by atoms with E-state index in [1.165, 1.54) is 0 Å². The molecule has 1 aliphatic heterocycles. The highest BCUT2D eigenvalue weighted by atomic mass is 127. The second-order valence-electron chi connectivity index (χ2n) is 4.24. The summed E-state index contributed by atoms with van der Waals surface area (Å²) in [6.07, 6.45) is 0.911. The number of carbonyl (C=O) groups excluding carboxylic acids is 1. The van der Waals surface area contributed by atoms with Crippen LogP contribution in [0.3, 0.4) is 0 Å². The van der Waals surface area contributed by atoms with Crippen LogP contribution in [0.2, 0.25) is 0 Å². The van der Waals surface area contributed by atoms with Gasteiger partial charge in [0.2, 0.25) is 0 Å². The highest BCUT2D eigenvalue weighted by molar-refractivity contribution is 14.1. The van der Waals surface area contributed by atoms with E-state index in [0.717, 1.165) is 27.7 Å². The molecule has 1 aromatic rings. The van der Waals surface area contributed by atoms with Crippen LogP contribution >= 0.6 is 22.6 Å². The largest absolute Gasteiger partial charge is 0.337 e. The van der Waals surface area contributed by atoms with Gasteiger partial charge in [0.15, 0.2) is 0 Å². The van der Waals surface area contributed by atoms with Crippen molar-refractivity contribution in [2.24, 2.45) is 5.73 Å². The SMILES string of the molecule is Cc1cccc(C(=O)N2CCC(N)C2)c1I. The average Bonchev–Trinajstić information content (AvgIpc) is 2.68. The van der Waals surface area contributed by atoms with Gasteiger partial charge in [0.05, 0.1) is 5.56 Å². The summed E-state index contributed by atoms with van der Waals surface area (Å²) in [7, 11) is 0. The zero-order chi connectivity index (χ0) is 11.7. The van der Waals surface area contributed by atoms with E-state index in [1.807, 2.05) is 30.0 Å². The number of nitrogens with two attached hydrogens (primary N) is 1. The van der Waals surface area contributed by atoms with E-state index in [4.69, 9.17) is 5.73 Å². The Bertz CT molecular complexity index is 419. The van der Waals surface area contributed by atoms with Crippen molar-refractivity contribution >= 4 is 28.5 Å². The molecule has 4 heteroatoms. The van der Waals surface area contributed by atoms with Crippen LogP contribution in [0.25, 0.3) is 0 Å². The molecule has 0 bridgehead atoms. The zero-order valence-electron chi connectivity index (χ0n) is 9.24. The first-order valence-corrected chi connectivity index (χ1v) is 6.47. The number of amides is 1. The molecule has 1 atom stereocenters. The molecule has 2 N–H and O–H groups in total. The summed E-state index contributed by atoms with van der Waals surface area (Å²) < 4.78 is 1.05. The van der Waals surface area contributed by atoms with Crippen molar-refractivity contribution in [2.45, 2.75) is 19.4 Å². The third-order valence-corrected chi connectivity index (χ3v) is 4.37. The lowest BCUT2D eigenvalue weighted by Crippen LogP contribution is -2.32. The van der Waals surface area contributed by atoms with Gasteiger partial charge in [0.1, 0.15) is 0 Å². The van der Waals surface area contributed by atoms with Gasteiger partial charge in [-0.1, -0.05) is 12.1 Å². The molecular weight excluding hydrogens is 315 g/mol. The summed E-state index contributed by atoms with van der Waals surface area (Å²) in [5, 5.41) is 0. The lowest BCUT2D eigenvalue weighted by atomic mass is 10.1. The number of nitrogens with zero attached hydrogens (tertiary/aromatic N) is 1. The van der Waals surface area contributed by atoms with Gasteiger partial charge in [-0.3, -0.25) is 4.79 Å². The Labute approximate surface area is 109 Å². The topological polar surface area (TPSA) is 46.3 Å². The second kappa shape index (κ2) is 4.71. The van der Waals surface area contributed by atoms with Crippen LogP contribution in [0.1, 0.15) is 22.3 Å². The molecule has 1 unspecified atom stereocenters. The number of hydrogen-bond donors (Lipinski definition) is 1. The summed E-state index contributed by atoms with van der Waals surface area (Å²) in [6.45, 7) is 3.49. The van der Waals surface area contributed by atoms with E-state index >= 15 is 0 Å². The van der Waals surface area contributed by atoms with Crippen LogP contribution in [0, 0.1) is 10.5 Å². The minimum atomic E-state index is 0.112. The minimum Gasteiger partial charge on any atom is -0.337 e. The molecule has 0 saturated carbocycles. The summed E-state index contributed by atoms with van der Waals surface area (Å²) in [6, 6.07) is 5.99. The minimum absolute atomic E-state index is 0.112. The molecular formula is C12H15IN2O. The zero-order valence-corrected chi connectivity index (χ0v) is 11.4. The van der Waals surface area contributed by atoms with Gasteiger partial charge < -0.3 is 10.6 Å². The van der Waals surface area contributed by atoms with Gasteiger partial charge in [-0.2, -0.15) is 0 Å². The molecule has 1 heterocycles. The molecule has 1 saturated heterocycles. The lowest BCUT2D eigenvalue weighted by Gasteiger charge is -2.17. The molecule has 0 aromatic heterocycles. The Balaban J connectivity index is 2.24. The number of halogens is 1. The summed E-state index contributed by atoms with van der Waals surface area (Å²) in [5.41, 5.74) is 7.76. The van der Waals surface area contributed by atoms with Crippen LogP contribution in [0.5, 0.6) is 0 Å². The lowest BCUT2D eigenvalue weighted by molar-refractivity contribution is 0.0789. The van der Waals surface area contributed by atoms with Gasteiger partial charge in [-0.25, -0.2) is 0 Å². The third kappa shape index (κ3) is 2.22. The normalized spacial score (nSPS) is 20.2. The molecule has 3 nitrogen and oxygen atoms in total. The fraction of sp³-hybridized carbons (Fsp3) is 0.417. The Hall–Kier alpha value is -0.620. The van der Waals surface area contributed by atoms with Crippen molar-refractivity contribution in [1.82, 2.24) is 4.90 Å². The van der Waals surface area contributed by atoms with Crippen molar-refractivity contribution < 1.29 is 4.79 Å². The Morgan fingerprint density at radius 1 is 1.56 bits per heavy atom. The predicted octanol–water partition coefficient (Wildman–Crippen LogP) is 1.77. The van der Waals surface area contributed by atoms with E-state index in [0.29, 0.717) is 6.54 Å². The molecule has 86 valence electrons. The fourth-order valence-electron chi connectivity index (χ4n) is 1.95. The van der Waals surface area contributed by atoms with Crippen molar-refractivity contribution in [2.75, 3.05) is 13.1 Å². The number of hydrogen-bond acceptors (Lipinski definition) is 2. The van der Waals surface area contributed by atoms with Crippen LogP contribution in [-0.4, -0.2) is 29.9 Å². The van der Waals surface area contributed by atoms with Gasteiger partial charge in [-0.15, -0.1) is 0 Å². The first-order valence-electron chi connectivity index (χ1n) is 5.39. The molecule has 0 aliphatic carbocycles. The molecule has 0 spiro atoms. The van der Waals surface area contributed by atoms with E-state index in [-0.39, 0.29) is 11.9 Å². The van der Waals surface area contributed by atoms with Gasteiger partial charge in [-0.05, 0) is 47.6 Å². The number of aryl methyl sites for hydroxylation is 1. The summed E-state index contributed by atoms with van der Waals surface area (Å²) >= 11 is 2.23. The summed E-state index contributed by atoms with van der Waals surface area (Å²) in [4.78, 5) is 14.1. The second-order valence-corrected chi connectivity index (χ2v) is 5.32. The number of rotatable bonds is 1. The Kier molecular flexibility index (Phi) is 3.49. The molecule has 1 aromatic carbocycles. The maximum absolute atomic E-state index is 12.2. The molecule has 16 heavy (non-hydrogen) atoms. The van der Waals surface area contributed by atoms with Crippen LogP contribution < -0.4 is 5.73 Å². The third-order valence-electron chi connectivity index (χ3n) is 2.93. The van der Waals surface area contributed by atoms with E-state index < -0.39 is 0 Å². The van der Waals surface area contributed by atoms with Crippen LogP contribution in [0.15, 0.2) is 18.2 Å². The molecule has 0 radical (unpaired) electrons. The smallest absolute Gasteiger partial charge is 0.254 e. The Morgan fingerprint density at radius 3 is 2.94 bits per heavy atom. The first kappa shape index (κ1) is 11.9. The van der Waals surface area contributed by atoms with Crippen molar-refractivity contribution in [3.63, 3.8) is 0 Å². The van der Waals surface area contributed by atoms with Gasteiger partial charge >= 0.3 is 0 Å². The van der Waals surface area contributed by atoms with Crippen LogP contribution in [-0.2, 0) is 0 Å². The maximum Gasteiger partial charge on any atom is 0.254 e. The maximum atomic E-state index is 12.2. The number of benzene rings is 1. The van der Waals surface area contributed by atoms with E-state index in [2.05, 4.69) is 22.6 Å². The van der Waals surface area contributed by atoms with E-state index in [9.17, 15) is 4.79 Å². The van der Waals surface area contributed by atoms with Gasteiger partial charge in [0.25, 0.3) is 5.91 Å². The monoisotopic (exact) mass is 330 g/mol. The Morgan fingerprint density at radius 2 is 2.31 bits per heavy atom. The fourth-order valence-corrected chi connectivity index (χ4v) is 2.54. The van der Waals surface area contributed by atoms with Crippen molar-refractivity contribution in [3.8, 4) is 0 Å². The quantitative estimate of drug-likeness (QED) is 0.798. The molecule has 1 amide bonds. The number of carbonyl (C=O) groups is 1. The summed E-state index contributed by atoms with van der Waals surface area (Å²) in [5.74, 6) is 0.112. The van der Waals surface area contributed by atoms with Crippen molar-refractivity contribution in [3.05, 3.63) is 32.9 Å². The average molecular weight is 330 g/mol. The highest BCUT2D eigenvalue weighted by Crippen LogP contribution is 2.20. The van der Waals surface area contributed by atoms with Crippen LogP contribution in [0.4, 0.5) is 0 Å². The number of likely N-dealkylation sites (tertiary alicyclic amines) is 1. The van der Waals surface area contributed by atoms with Crippen molar-refractivity contribution in [1.29, 1.82) is 0 Å². The standard InChI is InChI=1S/C12H15IN2O/c1-8-3-2-4-10(11(8)13)12(16)15-6-5-9(14)7-15/h2-4,9H,5-7,14H2,1H3. The molecule has 1 aliphatic rings. The highest BCUT2D eigenvalue weighted by Gasteiger charge is 2.25. The molecule has 2 rings (SSSR count). The predicted molar refractivity (Wildman–Crippen MR) is 72.4 cm³/mol.